The van der Waals surface area contributed by atoms with Gasteiger partial charge < -0.3 is 5.32 Å². The van der Waals surface area contributed by atoms with E-state index in [4.69, 9.17) is 0 Å². The summed E-state index contributed by atoms with van der Waals surface area (Å²) in [6.07, 6.45) is 1.85. The molecule has 0 heterocycles. The molecule has 0 spiro atoms. The maximum Gasteiger partial charge on any atom is 0.269 e. The van der Waals surface area contributed by atoms with Crippen LogP contribution in [0.25, 0.3) is 0 Å². The first-order valence-corrected chi connectivity index (χ1v) is 9.34. The molecular weight excluding hydrogens is 336 g/mol. The van der Waals surface area contributed by atoms with Crippen molar-refractivity contribution in [3.63, 3.8) is 0 Å². The van der Waals surface area contributed by atoms with Crippen molar-refractivity contribution < 1.29 is 9.72 Å². The lowest BCUT2D eigenvalue weighted by Gasteiger charge is -2.13. The van der Waals surface area contributed by atoms with Crippen molar-refractivity contribution in [2.75, 3.05) is 5.75 Å². The first kappa shape index (κ1) is 19.0. The highest BCUT2D eigenvalue weighted by atomic mass is 32.2. The molecule has 0 aliphatic heterocycles. The van der Waals surface area contributed by atoms with E-state index >= 15 is 0 Å². The Bertz CT molecular complexity index is 690. The normalized spacial score (nSPS) is 11.7. The zero-order chi connectivity index (χ0) is 18.1. The van der Waals surface area contributed by atoms with Gasteiger partial charge in [0.05, 0.1) is 10.7 Å². The van der Waals surface area contributed by atoms with Crippen LogP contribution in [0.5, 0.6) is 0 Å². The summed E-state index contributed by atoms with van der Waals surface area (Å²) in [7, 11) is 0. The fraction of sp³-hybridized carbons (Fsp3) is 0.316. The lowest BCUT2D eigenvalue weighted by molar-refractivity contribution is -0.384. The lowest BCUT2D eigenvalue weighted by Crippen LogP contribution is -2.34. The minimum absolute atomic E-state index is 0.0208. The number of nitrogens with one attached hydrogen (secondary N) is 1. The number of carbonyl (C=O) groups is 1. The van der Waals surface area contributed by atoms with Crippen LogP contribution in [0, 0.1) is 10.1 Å². The van der Waals surface area contributed by atoms with Gasteiger partial charge >= 0.3 is 0 Å². The third kappa shape index (κ3) is 6.97. The molecule has 2 aromatic carbocycles. The first-order chi connectivity index (χ1) is 12.0. The van der Waals surface area contributed by atoms with Crippen LogP contribution < -0.4 is 5.32 Å². The van der Waals surface area contributed by atoms with Crippen molar-refractivity contribution in [2.24, 2.45) is 0 Å². The van der Waals surface area contributed by atoms with Gasteiger partial charge in [-0.25, -0.2) is 0 Å². The molecule has 0 aliphatic rings. The summed E-state index contributed by atoms with van der Waals surface area (Å²) in [4.78, 5) is 22.2. The second kappa shape index (κ2) is 9.84. The van der Waals surface area contributed by atoms with Gasteiger partial charge in [-0.2, -0.15) is 0 Å². The van der Waals surface area contributed by atoms with E-state index < -0.39 is 4.92 Å². The molecule has 0 aromatic heterocycles. The molecule has 132 valence electrons. The number of non-ortho nitro benzene ring substituents is 1. The molecule has 0 radical (unpaired) electrons. The van der Waals surface area contributed by atoms with Gasteiger partial charge in [0.2, 0.25) is 5.91 Å². The maximum atomic E-state index is 12.0. The standard InChI is InChI=1S/C19H22N2O3S/c1-15(7-8-16-5-3-2-4-6-16)20-19(22)14-25-13-17-9-11-18(12-10-17)21(23)24/h2-6,9-12,15H,7-8,13-14H2,1H3,(H,20,22)/t15-/m1/s1. The van der Waals surface area contributed by atoms with Crippen LogP contribution in [-0.2, 0) is 17.0 Å². The molecule has 1 amide bonds. The Morgan fingerprint density at radius 3 is 2.44 bits per heavy atom. The zero-order valence-electron chi connectivity index (χ0n) is 14.2. The Morgan fingerprint density at radius 1 is 1.12 bits per heavy atom. The number of nitro groups is 1. The Morgan fingerprint density at radius 2 is 1.80 bits per heavy atom. The van der Waals surface area contributed by atoms with E-state index in [9.17, 15) is 14.9 Å². The Balaban J connectivity index is 1.65. The predicted octanol–water partition coefficient (Wildman–Crippen LogP) is 3.97. The van der Waals surface area contributed by atoms with Gasteiger partial charge in [-0.05, 0) is 30.9 Å². The molecule has 6 heteroatoms. The lowest BCUT2D eigenvalue weighted by atomic mass is 10.1. The maximum absolute atomic E-state index is 12.0. The number of hydrogen-bond donors (Lipinski definition) is 1. The van der Waals surface area contributed by atoms with Crippen LogP contribution in [0.15, 0.2) is 54.6 Å². The topological polar surface area (TPSA) is 72.2 Å². The van der Waals surface area contributed by atoms with Gasteiger partial charge in [0.15, 0.2) is 0 Å². The average molecular weight is 358 g/mol. The summed E-state index contributed by atoms with van der Waals surface area (Å²) in [6.45, 7) is 2.02. The smallest absolute Gasteiger partial charge is 0.269 e. The number of amides is 1. The largest absolute Gasteiger partial charge is 0.353 e. The van der Waals surface area contributed by atoms with E-state index in [0.717, 1.165) is 18.4 Å². The third-order valence-corrected chi connectivity index (χ3v) is 4.77. The molecule has 0 saturated heterocycles. The minimum atomic E-state index is -0.415. The highest BCUT2D eigenvalue weighted by Gasteiger charge is 2.08. The SMILES string of the molecule is C[C@H](CCc1ccccc1)NC(=O)CSCc1ccc([N+](=O)[O-])cc1. The van der Waals surface area contributed by atoms with Crippen molar-refractivity contribution in [2.45, 2.75) is 31.6 Å². The van der Waals surface area contributed by atoms with Crippen molar-refractivity contribution in [3.05, 3.63) is 75.8 Å². The van der Waals surface area contributed by atoms with Crippen LogP contribution in [0.1, 0.15) is 24.5 Å². The fourth-order valence-electron chi connectivity index (χ4n) is 2.39. The number of nitrogens with zero attached hydrogens (tertiary/aromatic N) is 1. The number of carbonyl (C=O) groups excluding carboxylic acids is 1. The summed E-state index contributed by atoms with van der Waals surface area (Å²) in [5.74, 6) is 1.06. The van der Waals surface area contributed by atoms with E-state index in [1.54, 1.807) is 12.1 Å². The monoisotopic (exact) mass is 358 g/mol. The number of aryl methyl sites for hydroxylation is 1. The number of thioether (sulfide) groups is 1. The third-order valence-electron chi connectivity index (χ3n) is 3.77. The summed E-state index contributed by atoms with van der Waals surface area (Å²) in [5.41, 5.74) is 2.33. The molecule has 0 unspecified atom stereocenters. The van der Waals surface area contributed by atoms with E-state index in [0.29, 0.717) is 11.5 Å². The van der Waals surface area contributed by atoms with E-state index in [-0.39, 0.29) is 17.6 Å². The van der Waals surface area contributed by atoms with E-state index in [2.05, 4.69) is 17.4 Å². The number of nitro benzene ring substituents is 1. The van der Waals surface area contributed by atoms with Crippen molar-refractivity contribution in [1.29, 1.82) is 0 Å². The van der Waals surface area contributed by atoms with Crippen molar-refractivity contribution >= 4 is 23.4 Å². The number of benzene rings is 2. The van der Waals surface area contributed by atoms with E-state index in [1.165, 1.54) is 29.5 Å². The number of hydrogen-bond acceptors (Lipinski definition) is 4. The molecule has 2 aromatic rings. The molecule has 1 N–H and O–H groups in total. The Kier molecular flexibility index (Phi) is 7.47. The van der Waals surface area contributed by atoms with Gasteiger partial charge in [0, 0.05) is 23.9 Å². The molecule has 0 aliphatic carbocycles. The second-order valence-electron chi connectivity index (χ2n) is 5.91. The fourth-order valence-corrected chi connectivity index (χ4v) is 3.19. The molecule has 2 rings (SSSR count). The molecular formula is C19H22N2O3S. The first-order valence-electron chi connectivity index (χ1n) is 8.19. The van der Waals surface area contributed by atoms with Gasteiger partial charge in [0.1, 0.15) is 0 Å². The molecule has 0 saturated carbocycles. The number of rotatable bonds is 9. The van der Waals surface area contributed by atoms with Gasteiger partial charge in [-0.1, -0.05) is 42.5 Å². The van der Waals surface area contributed by atoms with Gasteiger partial charge in [-0.15, -0.1) is 11.8 Å². The highest BCUT2D eigenvalue weighted by Crippen LogP contribution is 2.16. The van der Waals surface area contributed by atoms with Crippen LogP contribution in [-0.4, -0.2) is 22.6 Å². The van der Waals surface area contributed by atoms with E-state index in [1.807, 2.05) is 25.1 Å². The van der Waals surface area contributed by atoms with Crippen LogP contribution in [0.4, 0.5) is 5.69 Å². The van der Waals surface area contributed by atoms with Crippen molar-refractivity contribution in [1.82, 2.24) is 5.32 Å². The van der Waals surface area contributed by atoms with Gasteiger partial charge in [0.25, 0.3) is 5.69 Å². The van der Waals surface area contributed by atoms with Gasteiger partial charge in [-0.3, -0.25) is 14.9 Å². The molecule has 25 heavy (non-hydrogen) atoms. The van der Waals surface area contributed by atoms with Crippen LogP contribution in [0.3, 0.4) is 0 Å². The average Bonchev–Trinajstić information content (AvgIpc) is 2.61. The summed E-state index contributed by atoms with van der Waals surface area (Å²) >= 11 is 1.50. The minimum Gasteiger partial charge on any atom is -0.353 e. The predicted molar refractivity (Wildman–Crippen MR) is 102 cm³/mol. The Labute approximate surface area is 152 Å². The Hall–Kier alpha value is -2.34. The molecule has 5 nitrogen and oxygen atoms in total. The highest BCUT2D eigenvalue weighted by molar-refractivity contribution is 7.99. The second-order valence-corrected chi connectivity index (χ2v) is 6.89. The molecule has 0 fully saturated rings. The van der Waals surface area contributed by atoms with Crippen molar-refractivity contribution in [3.8, 4) is 0 Å². The van der Waals surface area contributed by atoms with Crippen LogP contribution >= 0.6 is 11.8 Å². The molecule has 0 bridgehead atoms. The molecule has 1 atom stereocenters. The summed E-state index contributed by atoms with van der Waals surface area (Å²) < 4.78 is 0. The summed E-state index contributed by atoms with van der Waals surface area (Å²) in [6, 6.07) is 16.8. The summed E-state index contributed by atoms with van der Waals surface area (Å²) in [5, 5.41) is 13.6. The zero-order valence-corrected chi connectivity index (χ0v) is 15.0. The van der Waals surface area contributed by atoms with Crippen LogP contribution in [0.2, 0.25) is 0 Å². The quantitative estimate of drug-likeness (QED) is 0.544.